The Morgan fingerprint density at radius 2 is 1.21 bits per heavy atom. The van der Waals surface area contributed by atoms with Crippen LogP contribution in [0.15, 0.2) is 48.5 Å². The van der Waals surface area contributed by atoms with E-state index in [1.807, 2.05) is 36.4 Å². The van der Waals surface area contributed by atoms with Crippen LogP contribution >= 0.6 is 15.9 Å². The minimum atomic E-state index is 0.201. The highest BCUT2D eigenvalue weighted by atomic mass is 79.9. The van der Waals surface area contributed by atoms with E-state index in [1.54, 1.807) is 14.2 Å². The van der Waals surface area contributed by atoms with Gasteiger partial charge in [-0.15, -0.1) is 0 Å². The van der Waals surface area contributed by atoms with Crippen molar-refractivity contribution < 1.29 is 19.3 Å². The monoisotopic (exact) mass is 466 g/mol. The molecule has 2 aromatic carbocycles. The molecule has 0 fully saturated rings. The van der Waals surface area contributed by atoms with Crippen LogP contribution in [0.1, 0.15) is 36.8 Å². The number of aliphatic hydroxyl groups excluding tert-OH is 1. The summed E-state index contributed by atoms with van der Waals surface area (Å²) in [4.78, 5) is 0. The molecule has 0 heterocycles. The first-order valence-electron chi connectivity index (χ1n) is 10.2. The number of rotatable bonds is 13. The molecule has 0 atom stereocenters. The molecule has 2 aromatic rings. The number of unbranched alkanes of at least 4 members (excludes halogenated alkanes) is 3. The van der Waals surface area contributed by atoms with Gasteiger partial charge in [-0.2, -0.15) is 0 Å². The van der Waals surface area contributed by atoms with Gasteiger partial charge in [-0.05, 0) is 61.1 Å². The van der Waals surface area contributed by atoms with Crippen molar-refractivity contribution in [2.24, 2.45) is 0 Å². The van der Waals surface area contributed by atoms with E-state index in [1.165, 1.54) is 31.2 Å². The molecule has 0 aliphatic rings. The molecule has 1 N–H and O–H groups in total. The minimum Gasteiger partial charge on any atom is -0.497 e. The third-order valence-corrected chi connectivity index (χ3v) is 4.99. The molecule has 0 bridgehead atoms. The summed E-state index contributed by atoms with van der Waals surface area (Å²) in [6.07, 6.45) is 6.71. The largest absolute Gasteiger partial charge is 0.497 e. The van der Waals surface area contributed by atoms with Gasteiger partial charge in [0.05, 0.1) is 20.8 Å². The predicted octanol–water partition coefficient (Wildman–Crippen LogP) is 5.44. The summed E-state index contributed by atoms with van der Waals surface area (Å²) >= 11 is 3.44. The lowest BCUT2D eigenvalue weighted by Crippen LogP contribution is -2.00. The lowest BCUT2D eigenvalue weighted by atomic mass is 10.1. The normalized spacial score (nSPS) is 10.2. The molecule has 0 aliphatic heterocycles. The van der Waals surface area contributed by atoms with Gasteiger partial charge in [0.2, 0.25) is 0 Å². The Balaban J connectivity index is 0.000000326. The van der Waals surface area contributed by atoms with Crippen molar-refractivity contribution in [1.82, 2.24) is 0 Å². The Morgan fingerprint density at radius 3 is 1.69 bits per heavy atom. The number of benzene rings is 2. The fourth-order valence-electron chi connectivity index (χ4n) is 2.66. The molecule has 0 amide bonds. The Morgan fingerprint density at radius 1 is 0.690 bits per heavy atom. The number of ether oxygens (including phenoxy) is 3. The first-order valence-corrected chi connectivity index (χ1v) is 11.4. The molecule has 2 rings (SSSR count). The van der Waals surface area contributed by atoms with E-state index in [9.17, 15) is 0 Å². The summed E-state index contributed by atoms with van der Waals surface area (Å²) in [6, 6.07) is 15.9. The molecular formula is C24H35BrO4. The summed E-state index contributed by atoms with van der Waals surface area (Å²) in [5.74, 6) is 1.76. The molecule has 0 unspecified atom stereocenters. The van der Waals surface area contributed by atoms with E-state index in [0.717, 1.165) is 42.0 Å². The Kier molecular flexibility index (Phi) is 15.2. The average molecular weight is 467 g/mol. The van der Waals surface area contributed by atoms with Crippen LogP contribution < -0.4 is 9.47 Å². The van der Waals surface area contributed by atoms with Crippen LogP contribution in [0, 0.1) is 0 Å². The molecule has 0 saturated carbocycles. The SMILES string of the molecule is COc1ccc(CCO)cc1.COc1ccc(CCOCCCCCCBr)cc1. The van der Waals surface area contributed by atoms with Crippen molar-refractivity contribution in [3.05, 3.63) is 59.7 Å². The van der Waals surface area contributed by atoms with Crippen molar-refractivity contribution >= 4 is 15.9 Å². The van der Waals surface area contributed by atoms with Gasteiger partial charge < -0.3 is 19.3 Å². The molecule has 162 valence electrons. The lowest BCUT2D eigenvalue weighted by molar-refractivity contribution is 0.133. The van der Waals surface area contributed by atoms with E-state index >= 15 is 0 Å². The van der Waals surface area contributed by atoms with Crippen LogP contribution in [0.2, 0.25) is 0 Å². The molecular weight excluding hydrogens is 432 g/mol. The van der Waals surface area contributed by atoms with Crippen LogP contribution in [0.4, 0.5) is 0 Å². The van der Waals surface area contributed by atoms with Gasteiger partial charge in [0, 0.05) is 18.5 Å². The maximum Gasteiger partial charge on any atom is 0.118 e. The first-order chi connectivity index (χ1) is 14.2. The number of hydrogen-bond donors (Lipinski definition) is 1. The second kappa shape index (κ2) is 17.3. The van der Waals surface area contributed by atoms with Gasteiger partial charge in [0.25, 0.3) is 0 Å². The van der Waals surface area contributed by atoms with Crippen molar-refractivity contribution in [3.63, 3.8) is 0 Å². The topological polar surface area (TPSA) is 47.9 Å². The number of halogens is 1. The van der Waals surface area contributed by atoms with Crippen LogP contribution in [0.25, 0.3) is 0 Å². The number of alkyl halides is 1. The van der Waals surface area contributed by atoms with Crippen LogP contribution in [-0.2, 0) is 17.6 Å². The van der Waals surface area contributed by atoms with Crippen molar-refractivity contribution in [1.29, 1.82) is 0 Å². The fraction of sp³-hybridized carbons (Fsp3) is 0.500. The van der Waals surface area contributed by atoms with Crippen LogP contribution in [-0.4, -0.2) is 44.5 Å². The van der Waals surface area contributed by atoms with E-state index in [4.69, 9.17) is 19.3 Å². The quantitative estimate of drug-likeness (QED) is 0.315. The summed E-state index contributed by atoms with van der Waals surface area (Å²) in [5.41, 5.74) is 2.43. The highest BCUT2D eigenvalue weighted by Crippen LogP contribution is 2.12. The molecule has 0 aromatic heterocycles. The van der Waals surface area contributed by atoms with E-state index in [2.05, 4.69) is 28.1 Å². The molecule has 29 heavy (non-hydrogen) atoms. The van der Waals surface area contributed by atoms with Gasteiger partial charge >= 0.3 is 0 Å². The fourth-order valence-corrected chi connectivity index (χ4v) is 3.05. The zero-order chi connectivity index (χ0) is 21.2. The van der Waals surface area contributed by atoms with Gasteiger partial charge in [-0.3, -0.25) is 0 Å². The summed E-state index contributed by atoms with van der Waals surface area (Å²) in [7, 11) is 3.33. The predicted molar refractivity (Wildman–Crippen MR) is 124 cm³/mol. The van der Waals surface area contributed by atoms with E-state index in [-0.39, 0.29) is 6.61 Å². The minimum absolute atomic E-state index is 0.201. The van der Waals surface area contributed by atoms with Crippen molar-refractivity contribution in [2.45, 2.75) is 38.5 Å². The van der Waals surface area contributed by atoms with Gasteiger partial charge in [0.1, 0.15) is 11.5 Å². The zero-order valence-electron chi connectivity index (χ0n) is 17.7. The smallest absolute Gasteiger partial charge is 0.118 e. The van der Waals surface area contributed by atoms with Gasteiger partial charge in [-0.25, -0.2) is 0 Å². The third-order valence-electron chi connectivity index (χ3n) is 4.43. The maximum atomic E-state index is 8.61. The van der Waals surface area contributed by atoms with Crippen LogP contribution in [0.3, 0.4) is 0 Å². The van der Waals surface area contributed by atoms with E-state index in [0.29, 0.717) is 6.42 Å². The Labute approximate surface area is 184 Å². The second-order valence-corrected chi connectivity index (χ2v) is 7.43. The average Bonchev–Trinajstić information content (AvgIpc) is 2.77. The Hall–Kier alpha value is -1.56. The lowest BCUT2D eigenvalue weighted by Gasteiger charge is -2.05. The maximum absolute atomic E-state index is 8.61. The number of aliphatic hydroxyl groups is 1. The molecule has 0 aliphatic carbocycles. The second-order valence-electron chi connectivity index (χ2n) is 6.64. The Bertz CT molecular complexity index is 614. The van der Waals surface area contributed by atoms with E-state index < -0.39 is 0 Å². The highest BCUT2D eigenvalue weighted by Gasteiger charge is 1.96. The summed E-state index contributed by atoms with van der Waals surface area (Å²) < 4.78 is 15.7. The number of hydrogen-bond acceptors (Lipinski definition) is 4. The van der Waals surface area contributed by atoms with Gasteiger partial charge in [0.15, 0.2) is 0 Å². The van der Waals surface area contributed by atoms with Crippen molar-refractivity contribution in [3.8, 4) is 11.5 Å². The molecule has 0 saturated heterocycles. The summed E-state index contributed by atoms with van der Waals surface area (Å²) in [6.45, 7) is 1.90. The third kappa shape index (κ3) is 12.6. The molecule has 4 nitrogen and oxygen atoms in total. The highest BCUT2D eigenvalue weighted by molar-refractivity contribution is 9.09. The van der Waals surface area contributed by atoms with Crippen molar-refractivity contribution in [2.75, 3.05) is 39.4 Å². The standard InChI is InChI=1S/C15H23BrO2.C9H12O2/c1-17-15-8-6-14(7-9-15)10-13-18-12-5-3-2-4-11-16;1-11-9-4-2-8(3-5-9)6-7-10/h6-9H,2-5,10-13H2,1H3;2-5,10H,6-7H2,1H3. The molecule has 0 spiro atoms. The van der Waals surface area contributed by atoms with Crippen LogP contribution in [0.5, 0.6) is 11.5 Å². The van der Waals surface area contributed by atoms with Gasteiger partial charge in [-0.1, -0.05) is 53.0 Å². The molecule has 5 heteroatoms. The first kappa shape index (κ1) is 25.5. The number of methoxy groups -OCH3 is 2. The molecule has 0 radical (unpaired) electrons. The zero-order valence-corrected chi connectivity index (χ0v) is 19.3. The summed E-state index contributed by atoms with van der Waals surface area (Å²) in [5, 5.41) is 9.73.